The number of aromatic nitrogens is 4. The summed E-state index contributed by atoms with van der Waals surface area (Å²) in [6.45, 7) is 0.135. The Morgan fingerprint density at radius 3 is 2.68 bits per heavy atom. The molecule has 9 heteroatoms. The van der Waals surface area contributed by atoms with Crippen LogP contribution >= 0.6 is 0 Å². The van der Waals surface area contributed by atoms with Gasteiger partial charge < -0.3 is 15.4 Å². The fourth-order valence-electron chi connectivity index (χ4n) is 2.88. The first-order chi connectivity index (χ1) is 15.1. The lowest BCUT2D eigenvalue weighted by Crippen LogP contribution is -2.24. The number of H-pyrrole nitrogens is 1. The smallest absolute Gasteiger partial charge is 0.255 e. The molecule has 0 unspecified atom stereocenters. The summed E-state index contributed by atoms with van der Waals surface area (Å²) < 4.78 is 19.1. The molecule has 0 aliphatic carbocycles. The number of hydrogen-bond acceptors (Lipinski definition) is 6. The molecule has 4 aromatic rings. The third kappa shape index (κ3) is 4.67. The van der Waals surface area contributed by atoms with Crippen molar-refractivity contribution in [1.29, 1.82) is 0 Å². The molecule has 0 spiro atoms. The fourth-order valence-corrected chi connectivity index (χ4v) is 2.88. The highest BCUT2D eigenvalue weighted by molar-refractivity contribution is 5.99. The standard InChI is InChI=1S/C22H19FN6O2/c1-31-15-10-8-14(9-11-15)20-27-19(28-29-20)13-25-22(30)16-5-4-12-24-21(16)26-18-7-3-2-6-17(18)23/h2-12H,13H2,1H3,(H,24,26)(H,25,30)(H,27,28,29). The Morgan fingerprint density at radius 2 is 1.90 bits per heavy atom. The molecule has 8 nitrogen and oxygen atoms in total. The Kier molecular flexibility index (Phi) is 5.84. The fraction of sp³-hybridized carbons (Fsp3) is 0.0909. The second-order valence-corrected chi connectivity index (χ2v) is 6.52. The molecule has 0 saturated carbocycles. The predicted octanol–water partition coefficient (Wildman–Crippen LogP) is 3.69. The van der Waals surface area contributed by atoms with Crippen molar-refractivity contribution in [1.82, 2.24) is 25.5 Å². The summed E-state index contributed by atoms with van der Waals surface area (Å²) in [6, 6.07) is 16.8. The van der Waals surface area contributed by atoms with Crippen molar-refractivity contribution in [3.63, 3.8) is 0 Å². The Balaban J connectivity index is 1.44. The highest BCUT2D eigenvalue weighted by Crippen LogP contribution is 2.21. The summed E-state index contributed by atoms with van der Waals surface area (Å²) in [7, 11) is 1.60. The normalized spacial score (nSPS) is 10.5. The molecule has 0 atom stereocenters. The van der Waals surface area contributed by atoms with E-state index in [0.29, 0.717) is 11.6 Å². The number of nitrogens with zero attached hydrogens (tertiary/aromatic N) is 3. The maximum absolute atomic E-state index is 13.9. The van der Waals surface area contributed by atoms with E-state index < -0.39 is 5.82 Å². The molecule has 0 aliphatic heterocycles. The predicted molar refractivity (Wildman–Crippen MR) is 113 cm³/mol. The van der Waals surface area contributed by atoms with E-state index in [9.17, 15) is 9.18 Å². The Bertz CT molecular complexity index is 1190. The number of anilines is 2. The van der Waals surface area contributed by atoms with Crippen LogP contribution in [0.4, 0.5) is 15.9 Å². The maximum atomic E-state index is 13.9. The summed E-state index contributed by atoms with van der Waals surface area (Å²) in [6.07, 6.45) is 1.53. The number of hydrogen-bond donors (Lipinski definition) is 3. The summed E-state index contributed by atoms with van der Waals surface area (Å²) in [5.74, 6) is 1.17. The molecule has 0 aliphatic rings. The van der Waals surface area contributed by atoms with Gasteiger partial charge >= 0.3 is 0 Å². The minimum atomic E-state index is -0.438. The molecule has 1 amide bonds. The molecule has 156 valence electrons. The first kappa shape index (κ1) is 20.0. The van der Waals surface area contributed by atoms with Crippen molar-refractivity contribution in [2.24, 2.45) is 0 Å². The zero-order chi connectivity index (χ0) is 21.6. The van der Waals surface area contributed by atoms with Crippen LogP contribution in [0.5, 0.6) is 5.75 Å². The summed E-state index contributed by atoms with van der Waals surface area (Å²) >= 11 is 0. The lowest BCUT2D eigenvalue weighted by Gasteiger charge is -2.11. The monoisotopic (exact) mass is 418 g/mol. The number of benzene rings is 2. The number of amides is 1. The number of carbonyl (C=O) groups is 1. The molecule has 4 rings (SSSR count). The first-order valence-corrected chi connectivity index (χ1v) is 9.44. The van der Waals surface area contributed by atoms with Gasteiger partial charge in [-0.2, -0.15) is 5.10 Å². The minimum Gasteiger partial charge on any atom is -0.497 e. The van der Waals surface area contributed by atoms with Gasteiger partial charge in [-0.25, -0.2) is 14.4 Å². The Hall–Kier alpha value is -4.27. The number of aromatic amines is 1. The van der Waals surface area contributed by atoms with E-state index in [4.69, 9.17) is 4.74 Å². The van der Waals surface area contributed by atoms with E-state index >= 15 is 0 Å². The van der Waals surface area contributed by atoms with Crippen LogP contribution in [0.25, 0.3) is 11.4 Å². The number of methoxy groups -OCH3 is 1. The van der Waals surface area contributed by atoms with E-state index in [1.165, 1.54) is 12.3 Å². The highest BCUT2D eigenvalue weighted by Gasteiger charge is 2.14. The van der Waals surface area contributed by atoms with Gasteiger partial charge in [-0.1, -0.05) is 12.1 Å². The van der Waals surface area contributed by atoms with Crippen LogP contribution < -0.4 is 15.4 Å². The zero-order valence-electron chi connectivity index (χ0n) is 16.6. The van der Waals surface area contributed by atoms with Crippen molar-refractivity contribution in [2.45, 2.75) is 6.54 Å². The van der Waals surface area contributed by atoms with Gasteiger partial charge in [0.2, 0.25) is 0 Å². The summed E-state index contributed by atoms with van der Waals surface area (Å²) in [5, 5.41) is 12.6. The third-order valence-electron chi connectivity index (χ3n) is 4.48. The SMILES string of the molecule is COc1ccc(-c2n[nH]c(CNC(=O)c3cccnc3Nc3ccccc3F)n2)cc1. The molecule has 2 aromatic carbocycles. The van der Waals surface area contributed by atoms with E-state index in [1.54, 1.807) is 37.4 Å². The van der Waals surface area contributed by atoms with Crippen LogP contribution in [0.3, 0.4) is 0 Å². The Morgan fingerprint density at radius 1 is 1.10 bits per heavy atom. The van der Waals surface area contributed by atoms with Crippen molar-refractivity contribution in [3.8, 4) is 17.1 Å². The zero-order valence-corrected chi connectivity index (χ0v) is 16.6. The average Bonchev–Trinajstić information content (AvgIpc) is 3.28. The lowest BCUT2D eigenvalue weighted by atomic mass is 10.2. The molecule has 2 heterocycles. The van der Waals surface area contributed by atoms with Crippen LogP contribution in [-0.2, 0) is 6.54 Å². The second kappa shape index (κ2) is 9.04. The van der Waals surface area contributed by atoms with Crippen LogP contribution in [0.1, 0.15) is 16.2 Å². The van der Waals surface area contributed by atoms with Crippen LogP contribution in [0.2, 0.25) is 0 Å². The van der Waals surface area contributed by atoms with Gasteiger partial charge in [0.25, 0.3) is 5.91 Å². The number of halogens is 1. The number of carbonyl (C=O) groups excluding carboxylic acids is 1. The molecular weight excluding hydrogens is 399 g/mol. The number of para-hydroxylation sites is 1. The largest absolute Gasteiger partial charge is 0.497 e. The topological polar surface area (TPSA) is 105 Å². The van der Waals surface area contributed by atoms with Crippen LogP contribution in [0, 0.1) is 5.82 Å². The van der Waals surface area contributed by atoms with E-state index in [1.807, 2.05) is 24.3 Å². The summed E-state index contributed by atoms with van der Waals surface area (Å²) in [5.41, 5.74) is 1.33. The van der Waals surface area contributed by atoms with Gasteiger partial charge in [-0.3, -0.25) is 9.89 Å². The minimum absolute atomic E-state index is 0.135. The second-order valence-electron chi connectivity index (χ2n) is 6.52. The number of pyridine rings is 1. The number of rotatable bonds is 7. The molecular formula is C22H19FN6O2. The molecule has 0 bridgehead atoms. The lowest BCUT2D eigenvalue weighted by molar-refractivity contribution is 0.0950. The number of nitrogens with one attached hydrogen (secondary N) is 3. The van der Waals surface area contributed by atoms with E-state index in [-0.39, 0.29) is 29.5 Å². The van der Waals surface area contributed by atoms with Crippen molar-refractivity contribution < 1.29 is 13.9 Å². The molecule has 0 fully saturated rings. The van der Waals surface area contributed by atoms with Gasteiger partial charge in [0.05, 0.1) is 24.9 Å². The highest BCUT2D eigenvalue weighted by atomic mass is 19.1. The van der Waals surface area contributed by atoms with Gasteiger partial charge in [0, 0.05) is 11.8 Å². The molecule has 0 saturated heterocycles. The van der Waals surface area contributed by atoms with E-state index in [0.717, 1.165) is 11.3 Å². The molecule has 3 N–H and O–H groups in total. The van der Waals surface area contributed by atoms with Gasteiger partial charge in [-0.15, -0.1) is 0 Å². The first-order valence-electron chi connectivity index (χ1n) is 9.44. The van der Waals surface area contributed by atoms with Gasteiger partial charge in [0.1, 0.15) is 23.2 Å². The van der Waals surface area contributed by atoms with Crippen molar-refractivity contribution in [3.05, 3.63) is 84.1 Å². The summed E-state index contributed by atoms with van der Waals surface area (Å²) in [4.78, 5) is 21.3. The number of ether oxygens (including phenoxy) is 1. The molecule has 2 aromatic heterocycles. The van der Waals surface area contributed by atoms with Gasteiger partial charge in [0.15, 0.2) is 5.82 Å². The van der Waals surface area contributed by atoms with Crippen molar-refractivity contribution in [2.75, 3.05) is 12.4 Å². The van der Waals surface area contributed by atoms with Crippen LogP contribution in [0.15, 0.2) is 66.9 Å². The third-order valence-corrected chi connectivity index (χ3v) is 4.48. The molecule has 31 heavy (non-hydrogen) atoms. The Labute approximate surface area is 177 Å². The van der Waals surface area contributed by atoms with E-state index in [2.05, 4.69) is 30.8 Å². The van der Waals surface area contributed by atoms with Crippen LogP contribution in [-0.4, -0.2) is 33.2 Å². The average molecular weight is 418 g/mol. The molecule has 0 radical (unpaired) electrons. The van der Waals surface area contributed by atoms with Gasteiger partial charge in [-0.05, 0) is 48.5 Å². The van der Waals surface area contributed by atoms with Crippen molar-refractivity contribution >= 4 is 17.4 Å². The maximum Gasteiger partial charge on any atom is 0.255 e. The quantitative estimate of drug-likeness (QED) is 0.423.